The van der Waals surface area contributed by atoms with Gasteiger partial charge in [-0.3, -0.25) is 4.79 Å². The fraction of sp³-hybridized carbons (Fsp3) is 0.211. The molecular formula is C19H18FNO3. The highest BCUT2D eigenvalue weighted by molar-refractivity contribution is 5.78. The topological polar surface area (TPSA) is 58.6 Å². The van der Waals surface area contributed by atoms with E-state index in [2.05, 4.69) is 5.32 Å². The van der Waals surface area contributed by atoms with E-state index in [1.165, 1.54) is 12.1 Å². The van der Waals surface area contributed by atoms with Crippen molar-refractivity contribution < 1.29 is 19.0 Å². The van der Waals surface area contributed by atoms with Crippen molar-refractivity contribution in [3.05, 3.63) is 72.1 Å². The molecule has 2 atom stereocenters. The van der Waals surface area contributed by atoms with Crippen LogP contribution >= 0.6 is 0 Å². The molecule has 1 heterocycles. The number of halogens is 1. The largest absolute Gasteiger partial charge is 0.457 e. The van der Waals surface area contributed by atoms with Crippen molar-refractivity contribution >= 4 is 5.91 Å². The Bertz CT molecular complexity index is 743. The van der Waals surface area contributed by atoms with E-state index in [4.69, 9.17) is 4.74 Å². The number of hydrogen-bond acceptors (Lipinski definition) is 3. The first-order valence-corrected chi connectivity index (χ1v) is 7.79. The van der Waals surface area contributed by atoms with Crippen molar-refractivity contribution in [1.82, 2.24) is 5.32 Å². The van der Waals surface area contributed by atoms with Crippen LogP contribution in [0.4, 0.5) is 4.39 Å². The zero-order chi connectivity index (χ0) is 16.9. The summed E-state index contributed by atoms with van der Waals surface area (Å²) >= 11 is 0. The van der Waals surface area contributed by atoms with E-state index in [0.29, 0.717) is 23.5 Å². The van der Waals surface area contributed by atoms with Gasteiger partial charge in [0.15, 0.2) is 0 Å². The number of amides is 1. The number of nitrogens with one attached hydrogen (secondary N) is 1. The third-order valence-electron chi connectivity index (χ3n) is 3.80. The molecule has 124 valence electrons. The summed E-state index contributed by atoms with van der Waals surface area (Å²) in [4.78, 5) is 11.2. The van der Waals surface area contributed by atoms with Gasteiger partial charge in [0.25, 0.3) is 0 Å². The van der Waals surface area contributed by atoms with E-state index in [-0.39, 0.29) is 17.8 Å². The summed E-state index contributed by atoms with van der Waals surface area (Å²) in [5.41, 5.74) is 0.676. The van der Waals surface area contributed by atoms with Gasteiger partial charge in [-0.05, 0) is 48.4 Å². The molecule has 1 amide bonds. The van der Waals surface area contributed by atoms with E-state index in [1.54, 1.807) is 42.5 Å². The number of carbonyl (C=O) groups is 1. The van der Waals surface area contributed by atoms with Crippen LogP contribution in [0.1, 0.15) is 24.5 Å². The van der Waals surface area contributed by atoms with Crippen LogP contribution in [0, 0.1) is 5.82 Å². The molecule has 1 fully saturated rings. The lowest BCUT2D eigenvalue weighted by Crippen LogP contribution is -2.23. The summed E-state index contributed by atoms with van der Waals surface area (Å²) in [6.45, 7) is 0. The Labute approximate surface area is 139 Å². The van der Waals surface area contributed by atoms with E-state index >= 15 is 0 Å². The molecule has 5 heteroatoms. The maximum Gasteiger partial charge on any atom is 0.220 e. The highest BCUT2D eigenvalue weighted by atomic mass is 19.1. The fourth-order valence-electron chi connectivity index (χ4n) is 2.53. The van der Waals surface area contributed by atoms with Crippen LogP contribution in [-0.4, -0.2) is 17.1 Å². The molecule has 0 bridgehead atoms. The zero-order valence-electron chi connectivity index (χ0n) is 13.0. The lowest BCUT2D eigenvalue weighted by atomic mass is 10.1. The molecule has 24 heavy (non-hydrogen) atoms. The van der Waals surface area contributed by atoms with E-state index in [0.717, 1.165) is 6.42 Å². The zero-order valence-corrected chi connectivity index (χ0v) is 13.0. The molecule has 0 saturated carbocycles. The van der Waals surface area contributed by atoms with Crippen LogP contribution in [0.15, 0.2) is 60.7 Å². The first-order valence-electron chi connectivity index (χ1n) is 7.79. The SMILES string of the molecule is O=C1CC[C@H](/C=C/C(O)c2cccc(Oc3ccc(F)cc3)c2)N1. The van der Waals surface area contributed by atoms with Gasteiger partial charge in [0.1, 0.15) is 17.3 Å². The average molecular weight is 327 g/mol. The van der Waals surface area contributed by atoms with Crippen molar-refractivity contribution in [2.45, 2.75) is 25.0 Å². The first-order chi connectivity index (χ1) is 11.6. The van der Waals surface area contributed by atoms with Gasteiger partial charge < -0.3 is 15.2 Å². The summed E-state index contributed by atoms with van der Waals surface area (Å²) in [6.07, 6.45) is 3.94. The fourth-order valence-corrected chi connectivity index (χ4v) is 2.53. The van der Waals surface area contributed by atoms with Crippen molar-refractivity contribution in [3.8, 4) is 11.5 Å². The maximum atomic E-state index is 12.9. The Kier molecular flexibility index (Phi) is 4.91. The molecule has 1 aliphatic heterocycles. The van der Waals surface area contributed by atoms with E-state index in [1.807, 2.05) is 6.08 Å². The second-order valence-electron chi connectivity index (χ2n) is 5.67. The summed E-state index contributed by atoms with van der Waals surface area (Å²) in [5.74, 6) is 0.789. The summed E-state index contributed by atoms with van der Waals surface area (Å²) in [6, 6.07) is 12.8. The highest BCUT2D eigenvalue weighted by Gasteiger charge is 2.18. The van der Waals surface area contributed by atoms with Crippen LogP contribution in [0.2, 0.25) is 0 Å². The summed E-state index contributed by atoms with van der Waals surface area (Å²) in [5, 5.41) is 13.1. The van der Waals surface area contributed by atoms with Crippen molar-refractivity contribution in [2.75, 3.05) is 0 Å². The second-order valence-corrected chi connectivity index (χ2v) is 5.67. The highest BCUT2D eigenvalue weighted by Crippen LogP contribution is 2.25. The summed E-state index contributed by atoms with van der Waals surface area (Å²) < 4.78 is 18.6. The molecule has 1 aliphatic rings. The van der Waals surface area contributed by atoms with Gasteiger partial charge in [-0.15, -0.1) is 0 Å². The molecular weight excluding hydrogens is 309 g/mol. The smallest absolute Gasteiger partial charge is 0.220 e. The van der Waals surface area contributed by atoms with Crippen LogP contribution in [-0.2, 0) is 4.79 Å². The predicted octanol–water partition coefficient (Wildman–Crippen LogP) is 3.49. The molecule has 0 radical (unpaired) electrons. The number of hydrogen-bond donors (Lipinski definition) is 2. The van der Waals surface area contributed by atoms with Crippen LogP contribution in [0.25, 0.3) is 0 Å². The van der Waals surface area contributed by atoms with E-state index < -0.39 is 6.10 Å². The maximum absolute atomic E-state index is 12.9. The van der Waals surface area contributed by atoms with Crippen molar-refractivity contribution in [1.29, 1.82) is 0 Å². The minimum atomic E-state index is -0.792. The Balaban J connectivity index is 1.66. The third-order valence-corrected chi connectivity index (χ3v) is 3.80. The Hall–Kier alpha value is -2.66. The van der Waals surface area contributed by atoms with Gasteiger partial charge in [0.05, 0.1) is 6.10 Å². The molecule has 2 N–H and O–H groups in total. The average Bonchev–Trinajstić information content (AvgIpc) is 3.00. The molecule has 3 rings (SSSR count). The van der Waals surface area contributed by atoms with Crippen LogP contribution < -0.4 is 10.1 Å². The van der Waals surface area contributed by atoms with E-state index in [9.17, 15) is 14.3 Å². The molecule has 0 spiro atoms. The van der Waals surface area contributed by atoms with Gasteiger partial charge in [0, 0.05) is 12.5 Å². The first kappa shape index (κ1) is 16.2. The normalized spacial score (nSPS) is 18.6. The van der Waals surface area contributed by atoms with Gasteiger partial charge in [-0.1, -0.05) is 24.3 Å². The number of aliphatic hydroxyl groups excluding tert-OH is 1. The number of rotatable bonds is 5. The Morgan fingerprint density at radius 2 is 2.00 bits per heavy atom. The molecule has 0 aromatic heterocycles. The minimum Gasteiger partial charge on any atom is -0.457 e. The number of carbonyl (C=O) groups excluding carboxylic acids is 1. The molecule has 1 unspecified atom stereocenters. The van der Waals surface area contributed by atoms with Crippen molar-refractivity contribution in [2.24, 2.45) is 0 Å². The molecule has 2 aromatic rings. The van der Waals surface area contributed by atoms with Gasteiger partial charge >= 0.3 is 0 Å². The third kappa shape index (κ3) is 4.20. The standard InChI is InChI=1S/C19H18FNO3/c20-14-4-8-16(9-5-14)24-17-3-1-2-13(12-17)18(22)10-6-15-7-11-19(23)21-15/h1-6,8-10,12,15,18,22H,7,11H2,(H,21,23)/b10-6+/t15-,18?/m0/s1. The second kappa shape index (κ2) is 7.27. The lowest BCUT2D eigenvalue weighted by Gasteiger charge is -2.11. The van der Waals surface area contributed by atoms with Crippen molar-refractivity contribution in [3.63, 3.8) is 0 Å². The molecule has 2 aromatic carbocycles. The van der Waals surface area contributed by atoms with Crippen LogP contribution in [0.3, 0.4) is 0 Å². The van der Waals surface area contributed by atoms with Gasteiger partial charge in [-0.2, -0.15) is 0 Å². The predicted molar refractivity (Wildman–Crippen MR) is 88.2 cm³/mol. The quantitative estimate of drug-likeness (QED) is 0.827. The number of benzene rings is 2. The van der Waals surface area contributed by atoms with Gasteiger partial charge in [0.2, 0.25) is 5.91 Å². The van der Waals surface area contributed by atoms with Crippen LogP contribution in [0.5, 0.6) is 11.5 Å². The summed E-state index contributed by atoms with van der Waals surface area (Å²) in [7, 11) is 0. The van der Waals surface area contributed by atoms with Gasteiger partial charge in [-0.25, -0.2) is 4.39 Å². The Morgan fingerprint density at radius 1 is 1.21 bits per heavy atom. The molecule has 4 nitrogen and oxygen atoms in total. The number of ether oxygens (including phenoxy) is 1. The molecule has 1 saturated heterocycles. The minimum absolute atomic E-state index is 0.0224. The Morgan fingerprint density at radius 3 is 2.71 bits per heavy atom. The lowest BCUT2D eigenvalue weighted by molar-refractivity contribution is -0.119. The monoisotopic (exact) mass is 327 g/mol. The number of aliphatic hydroxyl groups is 1. The molecule has 0 aliphatic carbocycles.